The molecule has 0 rings (SSSR count). The van der Waals surface area contributed by atoms with Gasteiger partial charge in [-0.3, -0.25) is 9.35 Å². The zero-order valence-corrected chi connectivity index (χ0v) is 15.6. The summed E-state index contributed by atoms with van der Waals surface area (Å²) in [5, 5.41) is 11.4. The van der Waals surface area contributed by atoms with Gasteiger partial charge in [-0.05, 0) is 12.8 Å². The second kappa shape index (κ2) is 10.6. The van der Waals surface area contributed by atoms with Crippen molar-refractivity contribution in [2.75, 3.05) is 0 Å². The summed E-state index contributed by atoms with van der Waals surface area (Å²) in [6, 6.07) is 0. The molecule has 0 radical (unpaired) electrons. The van der Waals surface area contributed by atoms with Gasteiger partial charge in [0.05, 0.1) is 6.42 Å². The normalized spacial score (nSPS) is 11.6. The summed E-state index contributed by atoms with van der Waals surface area (Å²) in [7, 11) is -4.93. The van der Waals surface area contributed by atoms with Crippen molar-refractivity contribution in [3.8, 4) is 0 Å². The van der Waals surface area contributed by atoms with Crippen LogP contribution in [0.3, 0.4) is 0 Å². The molecule has 0 aromatic carbocycles. The van der Waals surface area contributed by atoms with Crippen molar-refractivity contribution in [2.45, 2.75) is 58.8 Å². The fraction of sp³-hybridized carbons (Fsp3) is 0.833. The van der Waals surface area contributed by atoms with Crippen LogP contribution in [0.25, 0.3) is 0 Å². The van der Waals surface area contributed by atoms with Gasteiger partial charge in [0, 0.05) is 11.4 Å². The summed E-state index contributed by atoms with van der Waals surface area (Å²) in [4.78, 5) is 22.9. The minimum absolute atomic E-state index is 0. The third-order valence-electron chi connectivity index (χ3n) is 3.13. The summed E-state index contributed by atoms with van der Waals surface area (Å²) in [6.45, 7) is 3.74. The molecular weight excluding hydrogens is 311 g/mol. The van der Waals surface area contributed by atoms with Gasteiger partial charge in [0.25, 0.3) is 0 Å². The number of carboxylic acids is 1. The van der Waals surface area contributed by atoms with E-state index in [-0.39, 0.29) is 42.4 Å². The van der Waals surface area contributed by atoms with E-state index in [1.54, 1.807) is 0 Å². The molecule has 0 amide bonds. The van der Waals surface area contributed by atoms with Crippen molar-refractivity contribution >= 4 is 22.3 Å². The Hall–Kier alpha value is -0.150. The van der Waals surface area contributed by atoms with E-state index >= 15 is 0 Å². The second-order valence-corrected chi connectivity index (χ2v) is 5.86. The summed E-state index contributed by atoms with van der Waals surface area (Å²) in [5.41, 5.74) is -1.45. The molecule has 0 aliphatic rings. The van der Waals surface area contributed by atoms with Crippen LogP contribution < -0.4 is 34.7 Å². The number of carboxylic acid groups (broad SMARTS) is 1. The molecule has 9 heteroatoms. The molecular formula is C12H21NaO7S. The predicted molar refractivity (Wildman–Crippen MR) is 68.7 cm³/mol. The van der Waals surface area contributed by atoms with E-state index in [4.69, 9.17) is 4.55 Å². The standard InChI is InChI=1S/C12H22O7S.Na/c1-3-5-7-12(11(14)15,8-6-4-2)9-10(13)19-20(16,17)18;/h3-9H2,1-2H3,(H,14,15)(H,16,17,18);/q;+1/p-1. The fourth-order valence-corrected chi connectivity index (χ4v) is 2.33. The van der Waals surface area contributed by atoms with Gasteiger partial charge in [-0.15, -0.1) is 0 Å². The number of aliphatic carboxylic acids is 1. The van der Waals surface area contributed by atoms with Crippen LogP contribution in [0.5, 0.6) is 0 Å². The van der Waals surface area contributed by atoms with E-state index in [2.05, 4.69) is 4.18 Å². The van der Waals surface area contributed by atoms with Crippen molar-refractivity contribution in [1.82, 2.24) is 0 Å². The van der Waals surface area contributed by atoms with Crippen LogP contribution in [0.1, 0.15) is 58.8 Å². The minimum Gasteiger partial charge on any atom is -0.550 e. The number of rotatable bonds is 10. The summed E-state index contributed by atoms with van der Waals surface area (Å²) < 4.78 is 33.2. The number of carbonyl (C=O) groups is 2. The average molecular weight is 332 g/mol. The molecule has 0 heterocycles. The van der Waals surface area contributed by atoms with Gasteiger partial charge < -0.3 is 14.1 Å². The molecule has 0 saturated heterocycles. The smallest absolute Gasteiger partial charge is 0.550 e. The Morgan fingerprint density at radius 3 is 1.86 bits per heavy atom. The zero-order valence-electron chi connectivity index (χ0n) is 12.8. The van der Waals surface area contributed by atoms with Crippen LogP contribution in [0, 0.1) is 5.41 Å². The zero-order chi connectivity index (χ0) is 15.8. The molecule has 0 aliphatic carbocycles. The SMILES string of the molecule is CCCCC(CCCC)(CC(=O)OS(=O)(=O)O)C(=O)[O-].[Na+]. The number of unbranched alkanes of at least 4 members (excludes halogenated alkanes) is 2. The van der Waals surface area contributed by atoms with Gasteiger partial charge in [-0.1, -0.05) is 39.5 Å². The van der Waals surface area contributed by atoms with Crippen molar-refractivity contribution in [3.05, 3.63) is 0 Å². The Morgan fingerprint density at radius 1 is 1.14 bits per heavy atom. The maximum atomic E-state index is 11.5. The quantitative estimate of drug-likeness (QED) is 0.357. The first-order chi connectivity index (χ1) is 9.17. The first-order valence-corrected chi connectivity index (χ1v) is 7.94. The molecule has 0 atom stereocenters. The van der Waals surface area contributed by atoms with Gasteiger partial charge in [0.15, 0.2) is 0 Å². The first kappa shape index (κ1) is 23.1. The van der Waals surface area contributed by atoms with Gasteiger partial charge in [0.2, 0.25) is 0 Å². The monoisotopic (exact) mass is 332 g/mol. The van der Waals surface area contributed by atoms with Crippen LogP contribution in [0.2, 0.25) is 0 Å². The molecule has 1 N–H and O–H groups in total. The van der Waals surface area contributed by atoms with Gasteiger partial charge in [-0.25, -0.2) is 0 Å². The van der Waals surface area contributed by atoms with Crippen molar-refractivity contribution < 1.29 is 61.4 Å². The van der Waals surface area contributed by atoms with E-state index in [1.165, 1.54) is 0 Å². The van der Waals surface area contributed by atoms with Gasteiger partial charge in [0.1, 0.15) is 0 Å². The fourth-order valence-electron chi connectivity index (χ4n) is 2.03. The Balaban J connectivity index is 0. The Morgan fingerprint density at radius 2 is 1.57 bits per heavy atom. The van der Waals surface area contributed by atoms with Crippen LogP contribution in [0.4, 0.5) is 0 Å². The second-order valence-electron chi connectivity index (χ2n) is 4.83. The maximum absolute atomic E-state index is 11.5. The largest absolute Gasteiger partial charge is 1.00 e. The third-order valence-corrected chi connectivity index (χ3v) is 3.53. The molecule has 0 spiro atoms. The van der Waals surface area contributed by atoms with Gasteiger partial charge >= 0.3 is 45.9 Å². The Bertz CT molecular complexity index is 425. The molecule has 0 aromatic heterocycles. The molecule has 0 aliphatic heterocycles. The van der Waals surface area contributed by atoms with E-state index < -0.39 is 34.2 Å². The average Bonchev–Trinajstić information content (AvgIpc) is 2.30. The molecule has 0 fully saturated rings. The molecule has 0 aromatic rings. The molecule has 7 nitrogen and oxygen atoms in total. The Kier molecular flexibility index (Phi) is 11.6. The van der Waals surface area contributed by atoms with Crippen molar-refractivity contribution in [3.63, 3.8) is 0 Å². The van der Waals surface area contributed by atoms with Crippen LogP contribution in [-0.2, 0) is 24.2 Å². The van der Waals surface area contributed by atoms with Crippen molar-refractivity contribution in [2.24, 2.45) is 5.41 Å². The summed E-state index contributed by atoms with van der Waals surface area (Å²) in [5.74, 6) is -2.68. The molecule has 118 valence electrons. The van der Waals surface area contributed by atoms with Crippen LogP contribution in [0.15, 0.2) is 0 Å². The first-order valence-electron chi connectivity index (χ1n) is 6.58. The molecule has 0 unspecified atom stereocenters. The van der Waals surface area contributed by atoms with Crippen LogP contribution in [-0.4, -0.2) is 24.9 Å². The molecule has 0 bridgehead atoms. The van der Waals surface area contributed by atoms with Crippen LogP contribution >= 0.6 is 0 Å². The number of hydrogen-bond donors (Lipinski definition) is 1. The number of carbonyl (C=O) groups excluding carboxylic acids is 2. The Labute approximate surface area is 147 Å². The minimum atomic E-state index is -4.93. The predicted octanol–water partition coefficient (Wildman–Crippen LogP) is -2.16. The number of hydrogen-bond acceptors (Lipinski definition) is 6. The van der Waals surface area contributed by atoms with E-state index in [1.807, 2.05) is 13.8 Å². The van der Waals surface area contributed by atoms with E-state index in [9.17, 15) is 23.1 Å². The molecule has 21 heavy (non-hydrogen) atoms. The van der Waals surface area contributed by atoms with E-state index in [0.717, 1.165) is 12.8 Å². The van der Waals surface area contributed by atoms with Gasteiger partial charge in [-0.2, -0.15) is 8.42 Å². The van der Waals surface area contributed by atoms with E-state index in [0.29, 0.717) is 12.8 Å². The van der Waals surface area contributed by atoms with Crippen molar-refractivity contribution in [1.29, 1.82) is 0 Å². The maximum Gasteiger partial charge on any atom is 1.00 e. The topological polar surface area (TPSA) is 121 Å². The molecule has 0 saturated carbocycles. The summed E-state index contributed by atoms with van der Waals surface area (Å²) in [6.07, 6.45) is 2.37. The third kappa shape index (κ3) is 9.46. The summed E-state index contributed by atoms with van der Waals surface area (Å²) >= 11 is 0.